The van der Waals surface area contributed by atoms with Crippen LogP contribution in [0.1, 0.15) is 59.9 Å². The fourth-order valence-electron chi connectivity index (χ4n) is 3.25. The topological polar surface area (TPSA) is 45.2 Å². The van der Waals surface area contributed by atoms with Crippen molar-refractivity contribution >= 4 is 17.2 Å². The first-order valence-corrected chi connectivity index (χ1v) is 9.83. The van der Waals surface area contributed by atoms with Gasteiger partial charge >= 0.3 is 0 Å². The normalized spacial score (nSPS) is 19.6. The molecular formula is C18H29N3OS. The highest BCUT2D eigenvalue weighted by Gasteiger charge is 2.28. The zero-order chi connectivity index (χ0) is 16.4. The monoisotopic (exact) mass is 335 g/mol. The Labute approximate surface area is 143 Å². The van der Waals surface area contributed by atoms with E-state index < -0.39 is 0 Å². The molecule has 1 aliphatic carbocycles. The second-order valence-corrected chi connectivity index (χ2v) is 8.73. The second-order valence-electron chi connectivity index (χ2n) is 7.52. The van der Waals surface area contributed by atoms with Gasteiger partial charge in [0.25, 0.3) is 5.91 Å². The van der Waals surface area contributed by atoms with Gasteiger partial charge in [0.15, 0.2) is 0 Å². The zero-order valence-corrected chi connectivity index (χ0v) is 15.4. The highest BCUT2D eigenvalue weighted by atomic mass is 32.1. The molecule has 1 saturated carbocycles. The molecule has 1 aliphatic heterocycles. The van der Waals surface area contributed by atoms with Crippen LogP contribution < -0.4 is 5.32 Å². The molecule has 1 N–H and O–H groups in total. The molecule has 1 aromatic rings. The van der Waals surface area contributed by atoms with Gasteiger partial charge in [-0.25, -0.2) is 4.98 Å². The van der Waals surface area contributed by atoms with Crippen molar-refractivity contribution in [1.82, 2.24) is 15.2 Å². The third kappa shape index (κ3) is 4.54. The molecular weight excluding hydrogens is 306 g/mol. The highest BCUT2D eigenvalue weighted by molar-refractivity contribution is 7.13. The lowest BCUT2D eigenvalue weighted by atomic mass is 10.0. The van der Waals surface area contributed by atoms with E-state index in [1.165, 1.54) is 19.4 Å². The average Bonchev–Trinajstić information content (AvgIpc) is 3.27. The summed E-state index contributed by atoms with van der Waals surface area (Å²) < 4.78 is 0. The van der Waals surface area contributed by atoms with E-state index in [4.69, 9.17) is 0 Å². The fourth-order valence-corrected chi connectivity index (χ4v) is 4.16. The summed E-state index contributed by atoms with van der Waals surface area (Å²) in [6, 6.07) is 0.595. The molecule has 0 spiro atoms. The van der Waals surface area contributed by atoms with Gasteiger partial charge in [-0.3, -0.25) is 4.79 Å². The fraction of sp³-hybridized carbons (Fsp3) is 0.778. The van der Waals surface area contributed by atoms with Crippen LogP contribution in [0, 0.1) is 18.8 Å². The first-order valence-electron chi connectivity index (χ1n) is 9.02. The van der Waals surface area contributed by atoms with Gasteiger partial charge < -0.3 is 10.2 Å². The van der Waals surface area contributed by atoms with Gasteiger partial charge in [-0.1, -0.05) is 13.8 Å². The van der Waals surface area contributed by atoms with Crippen molar-refractivity contribution in [2.75, 3.05) is 19.6 Å². The van der Waals surface area contributed by atoms with Crippen molar-refractivity contribution in [2.45, 2.75) is 58.9 Å². The Morgan fingerprint density at radius 1 is 1.30 bits per heavy atom. The first kappa shape index (κ1) is 16.9. The summed E-state index contributed by atoms with van der Waals surface area (Å²) in [4.78, 5) is 20.4. The molecule has 3 rings (SSSR count). The Bertz CT molecular complexity index is 542. The van der Waals surface area contributed by atoms with E-state index in [0.29, 0.717) is 12.0 Å². The summed E-state index contributed by atoms with van der Waals surface area (Å²) >= 11 is 1.56. The number of amides is 1. The molecule has 0 atom stereocenters. The summed E-state index contributed by atoms with van der Waals surface area (Å²) in [7, 11) is 0. The van der Waals surface area contributed by atoms with Crippen molar-refractivity contribution in [3.63, 3.8) is 0 Å². The Morgan fingerprint density at radius 2 is 2.00 bits per heavy atom. The molecule has 23 heavy (non-hydrogen) atoms. The predicted molar refractivity (Wildman–Crippen MR) is 95.0 cm³/mol. The quantitative estimate of drug-likeness (QED) is 0.868. The Balaban J connectivity index is 1.56. The number of aromatic nitrogens is 1. The van der Waals surface area contributed by atoms with Gasteiger partial charge in [0.05, 0.1) is 10.7 Å². The van der Waals surface area contributed by atoms with Crippen LogP contribution in [-0.2, 0) is 6.42 Å². The van der Waals surface area contributed by atoms with Crippen molar-refractivity contribution in [3.8, 4) is 0 Å². The number of piperidine rings is 1. The van der Waals surface area contributed by atoms with Crippen LogP contribution in [0.25, 0.3) is 0 Å². The third-order valence-electron chi connectivity index (χ3n) is 4.77. The van der Waals surface area contributed by atoms with E-state index >= 15 is 0 Å². The number of thiazole rings is 1. The number of hydrogen-bond donors (Lipinski definition) is 1. The van der Waals surface area contributed by atoms with Gasteiger partial charge in [0.2, 0.25) is 0 Å². The van der Waals surface area contributed by atoms with Crippen LogP contribution in [0.15, 0.2) is 0 Å². The molecule has 0 aromatic carbocycles. The molecule has 1 aromatic heterocycles. The molecule has 0 radical (unpaired) electrons. The molecule has 5 heteroatoms. The van der Waals surface area contributed by atoms with E-state index in [1.54, 1.807) is 11.3 Å². The van der Waals surface area contributed by atoms with Crippen LogP contribution in [0.2, 0.25) is 0 Å². The van der Waals surface area contributed by atoms with E-state index in [2.05, 4.69) is 24.1 Å². The lowest BCUT2D eigenvalue weighted by Gasteiger charge is -2.32. The maximum atomic E-state index is 12.9. The van der Waals surface area contributed by atoms with E-state index in [1.807, 2.05) is 11.8 Å². The molecule has 0 bridgehead atoms. The number of rotatable bonds is 6. The summed E-state index contributed by atoms with van der Waals surface area (Å²) in [6.07, 6.45) is 5.84. The van der Waals surface area contributed by atoms with Crippen molar-refractivity contribution in [1.29, 1.82) is 0 Å². The second kappa shape index (κ2) is 7.31. The van der Waals surface area contributed by atoms with E-state index in [0.717, 1.165) is 53.8 Å². The van der Waals surface area contributed by atoms with Crippen molar-refractivity contribution in [2.24, 2.45) is 11.8 Å². The first-order chi connectivity index (χ1) is 11.0. The number of nitrogens with one attached hydrogen (secondary N) is 1. The third-order valence-corrected chi connectivity index (χ3v) is 5.78. The van der Waals surface area contributed by atoms with Crippen LogP contribution in [-0.4, -0.2) is 41.5 Å². The molecule has 2 heterocycles. The van der Waals surface area contributed by atoms with E-state index in [-0.39, 0.29) is 5.91 Å². The molecule has 4 nitrogen and oxygen atoms in total. The van der Waals surface area contributed by atoms with Gasteiger partial charge in [0.1, 0.15) is 4.88 Å². The SMILES string of the molecule is Cc1nc(CC(C)C)c(C(=O)N2CCC(NCC3CC3)CC2)s1. The summed E-state index contributed by atoms with van der Waals surface area (Å²) in [5, 5.41) is 4.68. The molecule has 2 aliphatic rings. The number of carbonyl (C=O) groups is 1. The van der Waals surface area contributed by atoms with Crippen molar-refractivity contribution < 1.29 is 4.79 Å². The maximum Gasteiger partial charge on any atom is 0.265 e. The Morgan fingerprint density at radius 3 is 2.61 bits per heavy atom. The predicted octanol–water partition coefficient (Wildman–Crippen LogP) is 3.25. The zero-order valence-electron chi connectivity index (χ0n) is 14.6. The molecule has 2 fully saturated rings. The lowest BCUT2D eigenvalue weighted by molar-refractivity contribution is 0.0708. The maximum absolute atomic E-state index is 12.9. The molecule has 1 saturated heterocycles. The molecule has 1 amide bonds. The molecule has 128 valence electrons. The van der Waals surface area contributed by atoms with Crippen LogP contribution in [0.4, 0.5) is 0 Å². The summed E-state index contributed by atoms with van der Waals surface area (Å²) in [5.41, 5.74) is 1.00. The Kier molecular flexibility index (Phi) is 5.37. The van der Waals surface area contributed by atoms with E-state index in [9.17, 15) is 4.79 Å². The Hall–Kier alpha value is -0.940. The molecule has 0 unspecified atom stereocenters. The van der Waals surface area contributed by atoms with Crippen LogP contribution in [0.5, 0.6) is 0 Å². The van der Waals surface area contributed by atoms with Gasteiger partial charge in [-0.15, -0.1) is 11.3 Å². The smallest absolute Gasteiger partial charge is 0.265 e. The minimum atomic E-state index is 0.201. The van der Waals surface area contributed by atoms with Crippen LogP contribution >= 0.6 is 11.3 Å². The minimum absolute atomic E-state index is 0.201. The summed E-state index contributed by atoms with van der Waals surface area (Å²) in [5.74, 6) is 1.65. The average molecular weight is 336 g/mol. The lowest BCUT2D eigenvalue weighted by Crippen LogP contribution is -2.45. The minimum Gasteiger partial charge on any atom is -0.338 e. The number of hydrogen-bond acceptors (Lipinski definition) is 4. The van der Waals surface area contributed by atoms with Crippen LogP contribution in [0.3, 0.4) is 0 Å². The summed E-state index contributed by atoms with van der Waals surface area (Å²) in [6.45, 7) is 9.28. The number of carbonyl (C=O) groups excluding carboxylic acids is 1. The number of likely N-dealkylation sites (tertiary alicyclic amines) is 1. The largest absolute Gasteiger partial charge is 0.338 e. The number of nitrogens with zero attached hydrogens (tertiary/aromatic N) is 2. The van der Waals surface area contributed by atoms with Gasteiger partial charge in [-0.05, 0) is 57.4 Å². The number of aryl methyl sites for hydroxylation is 1. The standard InChI is InChI=1S/C18H29N3OS/c1-12(2)10-16-17(23-13(3)20-16)18(22)21-8-6-15(7-9-21)19-11-14-4-5-14/h12,14-15,19H,4-11H2,1-3H3. The van der Waals surface area contributed by atoms with Crippen molar-refractivity contribution in [3.05, 3.63) is 15.6 Å². The highest BCUT2D eigenvalue weighted by Crippen LogP contribution is 2.28. The van der Waals surface area contributed by atoms with Gasteiger partial charge in [-0.2, -0.15) is 0 Å². The van der Waals surface area contributed by atoms with Gasteiger partial charge in [0, 0.05) is 19.1 Å².